The number of nitrogens with zero attached hydrogens (tertiary/aromatic N) is 7. The Morgan fingerprint density at radius 3 is 2.38 bits per heavy atom. The number of rotatable bonds is 9. The number of hydrogen-bond donors (Lipinski definition) is 1. The summed E-state index contributed by atoms with van der Waals surface area (Å²) in [6, 6.07) is 23.9. The van der Waals surface area contributed by atoms with Crippen LogP contribution in [-0.4, -0.2) is 68.0 Å². The zero-order valence-corrected chi connectivity index (χ0v) is 35.3. The minimum absolute atomic E-state index is 0.227. The molecule has 1 unspecified atom stereocenters. The van der Waals surface area contributed by atoms with Crippen molar-refractivity contribution in [1.29, 1.82) is 5.26 Å². The van der Waals surface area contributed by atoms with Gasteiger partial charge in [-0.2, -0.15) is 5.26 Å². The highest BCUT2D eigenvalue weighted by molar-refractivity contribution is 6.30. The summed E-state index contributed by atoms with van der Waals surface area (Å²) in [6.07, 6.45) is 9.42. The standard InChI is InChI=1S/C47H51ClN8O4/c1-46(2,34-22-30(26-49)23-35(48)25-34)33-5-7-38(8-6-33)60-27-36-14-19-50-44(51-36)55-28-47(29-55)17-12-37(13-18-47)54-20-15-31(16-21-54)32-4-9-39-41(24-32)53(3)45(59)56(39)40-10-11-42(57)52-43(40)58/h4-9,14,19,22-25,31,37,40H,10-13,15-18,20-21,27-29H2,1-3H3,(H,52,57,58). The van der Waals surface area contributed by atoms with Gasteiger partial charge in [-0.1, -0.05) is 43.6 Å². The minimum Gasteiger partial charge on any atom is -0.487 e. The topological polar surface area (TPSA) is 138 Å². The number of benzene rings is 3. The molecule has 0 radical (unpaired) electrons. The first-order valence-electron chi connectivity index (χ1n) is 21.2. The van der Waals surface area contributed by atoms with Gasteiger partial charge < -0.3 is 14.5 Å². The van der Waals surface area contributed by atoms with E-state index in [1.807, 2.05) is 42.6 Å². The number of amides is 2. The van der Waals surface area contributed by atoms with Crippen molar-refractivity contribution in [3.05, 3.63) is 116 Å². The Morgan fingerprint density at radius 2 is 1.67 bits per heavy atom. The molecule has 9 rings (SSSR count). The van der Waals surface area contributed by atoms with E-state index in [0.717, 1.165) is 78.6 Å². The van der Waals surface area contributed by atoms with Crippen LogP contribution in [0.2, 0.25) is 5.02 Å². The number of fused-ring (bicyclic) bond motifs is 1. The summed E-state index contributed by atoms with van der Waals surface area (Å²) in [7, 11) is 1.76. The fourth-order valence-corrected chi connectivity index (χ4v) is 10.4. The highest BCUT2D eigenvalue weighted by Crippen LogP contribution is 2.46. The van der Waals surface area contributed by atoms with Crippen molar-refractivity contribution < 1.29 is 14.3 Å². The van der Waals surface area contributed by atoms with Crippen LogP contribution in [-0.2, 0) is 28.7 Å². The number of ether oxygens (including phenoxy) is 1. The van der Waals surface area contributed by atoms with E-state index in [9.17, 15) is 19.6 Å². The number of anilines is 1. The van der Waals surface area contributed by atoms with Crippen molar-refractivity contribution >= 4 is 40.4 Å². The monoisotopic (exact) mass is 826 g/mol. The largest absolute Gasteiger partial charge is 0.487 e. The maximum Gasteiger partial charge on any atom is 0.329 e. The Bertz CT molecular complexity index is 2550. The molecule has 1 saturated carbocycles. The van der Waals surface area contributed by atoms with Gasteiger partial charge in [0.05, 0.1) is 28.4 Å². The molecule has 1 spiro atoms. The van der Waals surface area contributed by atoms with Crippen molar-refractivity contribution in [2.24, 2.45) is 12.5 Å². The van der Waals surface area contributed by atoms with E-state index in [1.165, 1.54) is 31.2 Å². The quantitative estimate of drug-likeness (QED) is 0.153. The molecule has 3 aliphatic heterocycles. The third kappa shape index (κ3) is 7.58. The lowest BCUT2D eigenvalue weighted by molar-refractivity contribution is -0.135. The molecule has 3 saturated heterocycles. The molecule has 1 aliphatic carbocycles. The fourth-order valence-electron chi connectivity index (χ4n) is 10.2. The Kier molecular flexibility index (Phi) is 10.5. The average molecular weight is 827 g/mol. The van der Waals surface area contributed by atoms with Crippen molar-refractivity contribution in [3.8, 4) is 11.8 Å². The second-order valence-electron chi connectivity index (χ2n) is 18.0. The van der Waals surface area contributed by atoms with E-state index in [1.54, 1.807) is 22.2 Å². The molecule has 60 heavy (non-hydrogen) atoms. The Hall–Kier alpha value is -5.51. The van der Waals surface area contributed by atoms with Crippen LogP contribution >= 0.6 is 11.6 Å². The van der Waals surface area contributed by atoms with Crippen LogP contribution in [0.3, 0.4) is 0 Å². The number of imide groups is 1. The van der Waals surface area contributed by atoms with Gasteiger partial charge in [-0.15, -0.1) is 0 Å². The van der Waals surface area contributed by atoms with Crippen LogP contribution < -0.4 is 20.6 Å². The van der Waals surface area contributed by atoms with Gasteiger partial charge in [-0.25, -0.2) is 14.8 Å². The Labute approximate surface area is 355 Å². The predicted molar refractivity (Wildman–Crippen MR) is 230 cm³/mol. The van der Waals surface area contributed by atoms with Crippen LogP contribution in [0.4, 0.5) is 5.95 Å². The van der Waals surface area contributed by atoms with Crippen molar-refractivity contribution in [1.82, 2.24) is 29.3 Å². The van der Waals surface area contributed by atoms with Gasteiger partial charge in [0.25, 0.3) is 0 Å². The third-order valence-electron chi connectivity index (χ3n) is 13.9. The highest BCUT2D eigenvalue weighted by Gasteiger charge is 2.47. The van der Waals surface area contributed by atoms with E-state index < -0.39 is 11.9 Å². The zero-order chi connectivity index (χ0) is 41.8. The molecule has 5 heterocycles. The molecule has 12 nitrogen and oxygen atoms in total. The van der Waals surface area contributed by atoms with Crippen molar-refractivity contribution in [2.75, 3.05) is 31.1 Å². The second kappa shape index (κ2) is 15.8. The van der Waals surface area contributed by atoms with Gasteiger partial charge in [0.2, 0.25) is 17.8 Å². The summed E-state index contributed by atoms with van der Waals surface area (Å²) in [6.45, 7) is 8.71. The smallest absolute Gasteiger partial charge is 0.329 e. The summed E-state index contributed by atoms with van der Waals surface area (Å²) in [5.41, 5.74) is 6.05. The summed E-state index contributed by atoms with van der Waals surface area (Å²) >= 11 is 6.31. The zero-order valence-electron chi connectivity index (χ0n) is 34.5. The molecule has 3 aromatic carbocycles. The van der Waals surface area contributed by atoms with Crippen LogP contribution in [0.25, 0.3) is 11.0 Å². The lowest BCUT2D eigenvalue weighted by Crippen LogP contribution is -2.59. The number of imidazole rings is 1. The molecule has 4 fully saturated rings. The SMILES string of the molecule is Cn1c(=O)n(C2CCC(=O)NC2=O)c2ccc(C3CCN(C4CCC5(CC4)CN(c4nccc(COc6ccc(C(C)(C)c7cc(Cl)cc(C#N)c7)cc6)n4)C5)CC3)cc21. The first kappa shape index (κ1) is 39.9. The summed E-state index contributed by atoms with van der Waals surface area (Å²) in [4.78, 5) is 52.2. The molecule has 1 N–H and O–H groups in total. The second-order valence-corrected chi connectivity index (χ2v) is 18.4. The number of hydrogen-bond acceptors (Lipinski definition) is 9. The summed E-state index contributed by atoms with van der Waals surface area (Å²) < 4.78 is 9.35. The van der Waals surface area contributed by atoms with E-state index in [-0.39, 0.29) is 23.4 Å². The summed E-state index contributed by atoms with van der Waals surface area (Å²) in [5.74, 6) is 1.26. The Morgan fingerprint density at radius 1 is 0.917 bits per heavy atom. The molecular formula is C47H51ClN8O4. The normalized spacial score (nSPS) is 20.2. The lowest BCUT2D eigenvalue weighted by atomic mass is 9.67. The van der Waals surface area contributed by atoms with E-state index in [4.69, 9.17) is 21.3 Å². The fraction of sp³-hybridized carbons (Fsp3) is 0.447. The number of carbonyl (C=O) groups is 2. The van der Waals surface area contributed by atoms with Gasteiger partial charge in [0.1, 0.15) is 18.4 Å². The molecule has 2 aromatic heterocycles. The van der Waals surface area contributed by atoms with Crippen LogP contribution in [0, 0.1) is 16.7 Å². The van der Waals surface area contributed by atoms with Crippen LogP contribution in [0.15, 0.2) is 77.7 Å². The van der Waals surface area contributed by atoms with E-state index >= 15 is 0 Å². The molecule has 1 atom stereocenters. The lowest BCUT2D eigenvalue weighted by Gasteiger charge is -2.54. The number of carbonyl (C=O) groups excluding carboxylic acids is 2. The molecule has 5 aromatic rings. The first-order valence-corrected chi connectivity index (χ1v) is 21.6. The average Bonchev–Trinajstić information content (AvgIpc) is 3.49. The van der Waals surface area contributed by atoms with Gasteiger partial charge in [-0.3, -0.25) is 24.0 Å². The first-order chi connectivity index (χ1) is 28.9. The summed E-state index contributed by atoms with van der Waals surface area (Å²) in [5, 5.41) is 12.4. The number of aryl methyl sites for hydroxylation is 1. The number of piperidine rings is 2. The Balaban J connectivity index is 0.748. The molecule has 4 aliphatic rings. The number of aromatic nitrogens is 4. The van der Waals surface area contributed by atoms with E-state index in [0.29, 0.717) is 41.0 Å². The number of likely N-dealkylation sites (tertiary alicyclic amines) is 1. The highest BCUT2D eigenvalue weighted by atomic mass is 35.5. The number of nitriles is 1. The molecular weight excluding hydrogens is 776 g/mol. The van der Waals surface area contributed by atoms with Gasteiger partial charge in [0, 0.05) is 54.6 Å². The number of nitrogens with one attached hydrogen (secondary N) is 1. The van der Waals surface area contributed by atoms with Crippen LogP contribution in [0.5, 0.6) is 5.75 Å². The molecule has 13 heteroatoms. The van der Waals surface area contributed by atoms with Gasteiger partial charge in [0.15, 0.2) is 0 Å². The van der Waals surface area contributed by atoms with Gasteiger partial charge >= 0.3 is 5.69 Å². The molecule has 0 bridgehead atoms. The minimum atomic E-state index is -0.671. The van der Waals surface area contributed by atoms with Crippen LogP contribution in [0.1, 0.15) is 105 Å². The maximum atomic E-state index is 13.3. The van der Waals surface area contributed by atoms with Gasteiger partial charge in [-0.05, 0) is 129 Å². The molecule has 2 amide bonds. The predicted octanol–water partition coefficient (Wildman–Crippen LogP) is 7.17. The van der Waals surface area contributed by atoms with E-state index in [2.05, 4.69) is 64.3 Å². The third-order valence-corrected chi connectivity index (χ3v) is 14.1. The van der Waals surface area contributed by atoms with Crippen molar-refractivity contribution in [2.45, 2.75) is 95.2 Å². The van der Waals surface area contributed by atoms with Crippen molar-refractivity contribution in [3.63, 3.8) is 0 Å². The number of halogens is 1. The maximum absolute atomic E-state index is 13.3. The molecule has 310 valence electrons.